The number of pyridine rings is 1. The first-order valence-corrected chi connectivity index (χ1v) is 7.27. The Morgan fingerprint density at radius 3 is 2.84 bits per heavy atom. The lowest BCUT2D eigenvalue weighted by molar-refractivity contribution is -0.143. The monoisotopic (exact) mass is 258 g/mol. The number of likely N-dealkylation sites (tertiary alicyclic amines) is 1. The lowest BCUT2D eigenvalue weighted by Crippen LogP contribution is -2.44. The van der Waals surface area contributed by atoms with Crippen molar-refractivity contribution in [2.45, 2.75) is 45.6 Å². The molecule has 1 saturated carbocycles. The number of carbonyl (C=O) groups is 1. The zero-order chi connectivity index (χ0) is 13.5. The number of nitrogens with zero attached hydrogens (tertiary/aromatic N) is 2. The third kappa shape index (κ3) is 2.38. The van der Waals surface area contributed by atoms with E-state index in [4.69, 9.17) is 0 Å². The Labute approximate surface area is 115 Å². The second-order valence-corrected chi connectivity index (χ2v) is 6.75. The third-order valence-electron chi connectivity index (χ3n) is 4.55. The lowest BCUT2D eigenvalue weighted by atomic mass is 9.64. The molecule has 1 aliphatic heterocycles. The van der Waals surface area contributed by atoms with Gasteiger partial charge in [-0.1, -0.05) is 19.9 Å². The van der Waals surface area contributed by atoms with Crippen LogP contribution in [0.15, 0.2) is 24.5 Å². The number of hydrogen-bond donors (Lipinski definition) is 0. The van der Waals surface area contributed by atoms with Gasteiger partial charge in [0.2, 0.25) is 5.91 Å². The van der Waals surface area contributed by atoms with Gasteiger partial charge in [-0.15, -0.1) is 0 Å². The van der Waals surface area contributed by atoms with Crippen LogP contribution in [0.5, 0.6) is 0 Å². The van der Waals surface area contributed by atoms with Crippen molar-refractivity contribution in [1.82, 2.24) is 9.88 Å². The molecule has 1 unspecified atom stereocenters. The molecule has 19 heavy (non-hydrogen) atoms. The number of hydrogen-bond acceptors (Lipinski definition) is 2. The van der Waals surface area contributed by atoms with Gasteiger partial charge in [-0.2, -0.15) is 0 Å². The highest BCUT2D eigenvalue weighted by molar-refractivity contribution is 5.80. The van der Waals surface area contributed by atoms with Crippen LogP contribution >= 0.6 is 0 Å². The molecule has 2 fully saturated rings. The molecule has 102 valence electrons. The molecule has 0 spiro atoms. The van der Waals surface area contributed by atoms with E-state index in [0.717, 1.165) is 32.2 Å². The molecule has 2 heterocycles. The summed E-state index contributed by atoms with van der Waals surface area (Å²) in [5, 5.41) is 0. The first-order valence-electron chi connectivity index (χ1n) is 7.27. The van der Waals surface area contributed by atoms with Gasteiger partial charge < -0.3 is 4.90 Å². The summed E-state index contributed by atoms with van der Waals surface area (Å²) in [6.07, 6.45) is 7.97. The van der Waals surface area contributed by atoms with E-state index in [-0.39, 0.29) is 12.0 Å². The van der Waals surface area contributed by atoms with E-state index >= 15 is 0 Å². The van der Waals surface area contributed by atoms with Crippen molar-refractivity contribution in [2.75, 3.05) is 6.54 Å². The molecule has 0 bridgehead atoms. The van der Waals surface area contributed by atoms with E-state index in [0.29, 0.717) is 11.3 Å². The summed E-state index contributed by atoms with van der Waals surface area (Å²) in [5.41, 5.74) is 1.55. The molecule has 0 N–H and O–H groups in total. The molecule has 1 atom stereocenters. The van der Waals surface area contributed by atoms with Crippen molar-refractivity contribution in [3.05, 3.63) is 30.1 Å². The first-order chi connectivity index (χ1) is 9.07. The van der Waals surface area contributed by atoms with Crippen LogP contribution in [0.4, 0.5) is 0 Å². The average Bonchev–Trinajstić information content (AvgIpc) is 2.85. The van der Waals surface area contributed by atoms with Gasteiger partial charge in [0.05, 0.1) is 6.04 Å². The summed E-state index contributed by atoms with van der Waals surface area (Å²) in [6.45, 7) is 5.41. The standard InChI is InChI=1S/C16H22N2O/c1-16(2)9-13(10-16)15(19)18-8-4-6-14(18)12-5-3-7-17-11-12/h3,5,7,11,13-14H,4,6,8-10H2,1-2H3. The van der Waals surface area contributed by atoms with Gasteiger partial charge in [-0.3, -0.25) is 9.78 Å². The van der Waals surface area contributed by atoms with E-state index in [1.165, 1.54) is 5.56 Å². The molecule has 3 rings (SSSR count). The van der Waals surface area contributed by atoms with Crippen molar-refractivity contribution in [2.24, 2.45) is 11.3 Å². The van der Waals surface area contributed by atoms with E-state index < -0.39 is 0 Å². The Kier molecular flexibility index (Phi) is 3.08. The maximum atomic E-state index is 12.6. The number of aromatic nitrogens is 1. The zero-order valence-corrected chi connectivity index (χ0v) is 11.8. The van der Waals surface area contributed by atoms with Crippen LogP contribution in [0.3, 0.4) is 0 Å². The van der Waals surface area contributed by atoms with Gasteiger partial charge in [0.25, 0.3) is 0 Å². The third-order valence-corrected chi connectivity index (χ3v) is 4.55. The van der Waals surface area contributed by atoms with Crippen molar-refractivity contribution < 1.29 is 4.79 Å². The summed E-state index contributed by atoms with van der Waals surface area (Å²) in [7, 11) is 0. The van der Waals surface area contributed by atoms with Crippen LogP contribution in [0.2, 0.25) is 0 Å². The smallest absolute Gasteiger partial charge is 0.226 e. The SMILES string of the molecule is CC1(C)CC(C(=O)N2CCCC2c2cccnc2)C1. The second-order valence-electron chi connectivity index (χ2n) is 6.75. The highest BCUT2D eigenvalue weighted by Crippen LogP contribution is 2.47. The fraction of sp³-hybridized carbons (Fsp3) is 0.625. The summed E-state index contributed by atoms with van der Waals surface area (Å²) in [6, 6.07) is 4.31. The van der Waals surface area contributed by atoms with Crippen molar-refractivity contribution in [3.63, 3.8) is 0 Å². The van der Waals surface area contributed by atoms with Crippen molar-refractivity contribution >= 4 is 5.91 Å². The molecule has 2 aliphatic rings. The van der Waals surface area contributed by atoms with Crippen molar-refractivity contribution in [1.29, 1.82) is 0 Å². The molecule has 1 aromatic heterocycles. The molecule has 1 aromatic rings. The summed E-state index contributed by atoms with van der Waals surface area (Å²) >= 11 is 0. The predicted octanol–water partition coefficient (Wildman–Crippen LogP) is 3.18. The lowest BCUT2D eigenvalue weighted by Gasteiger charge is -2.43. The Bertz CT molecular complexity index is 461. The number of amides is 1. The molecular weight excluding hydrogens is 236 g/mol. The zero-order valence-electron chi connectivity index (χ0n) is 11.8. The molecular formula is C16H22N2O. The molecule has 0 radical (unpaired) electrons. The molecule has 0 aromatic carbocycles. The topological polar surface area (TPSA) is 33.2 Å². The van der Waals surface area contributed by atoms with E-state index in [2.05, 4.69) is 29.8 Å². The minimum absolute atomic E-state index is 0.255. The summed E-state index contributed by atoms with van der Waals surface area (Å²) in [4.78, 5) is 18.9. The fourth-order valence-electron chi connectivity index (χ4n) is 3.63. The molecule has 1 saturated heterocycles. The maximum absolute atomic E-state index is 12.6. The van der Waals surface area contributed by atoms with Gasteiger partial charge in [0.15, 0.2) is 0 Å². The van der Waals surface area contributed by atoms with Crippen LogP contribution in [0.25, 0.3) is 0 Å². The minimum Gasteiger partial charge on any atom is -0.335 e. The maximum Gasteiger partial charge on any atom is 0.226 e. The van der Waals surface area contributed by atoms with Crippen LogP contribution in [-0.2, 0) is 4.79 Å². The summed E-state index contributed by atoms with van der Waals surface area (Å²) in [5.74, 6) is 0.623. The normalized spacial score (nSPS) is 26.2. The Hall–Kier alpha value is -1.38. The van der Waals surface area contributed by atoms with Gasteiger partial charge in [-0.25, -0.2) is 0 Å². The highest BCUT2D eigenvalue weighted by Gasteiger charge is 2.44. The van der Waals surface area contributed by atoms with Gasteiger partial charge in [0, 0.05) is 24.9 Å². The quantitative estimate of drug-likeness (QED) is 0.816. The Morgan fingerprint density at radius 2 is 2.21 bits per heavy atom. The van der Waals surface area contributed by atoms with E-state index in [1.54, 1.807) is 6.20 Å². The van der Waals surface area contributed by atoms with Crippen molar-refractivity contribution in [3.8, 4) is 0 Å². The van der Waals surface area contributed by atoms with Crippen LogP contribution in [0, 0.1) is 11.3 Å². The predicted molar refractivity (Wildman–Crippen MR) is 74.4 cm³/mol. The second kappa shape index (κ2) is 4.62. The average molecular weight is 258 g/mol. The number of rotatable bonds is 2. The van der Waals surface area contributed by atoms with E-state index in [1.807, 2.05) is 12.3 Å². The highest BCUT2D eigenvalue weighted by atomic mass is 16.2. The fourth-order valence-corrected chi connectivity index (χ4v) is 3.63. The Morgan fingerprint density at radius 1 is 1.42 bits per heavy atom. The van der Waals surface area contributed by atoms with Crippen LogP contribution in [-0.4, -0.2) is 22.3 Å². The molecule has 3 nitrogen and oxygen atoms in total. The summed E-state index contributed by atoms with van der Waals surface area (Å²) < 4.78 is 0. The Balaban J connectivity index is 1.72. The van der Waals surface area contributed by atoms with E-state index in [9.17, 15) is 4.79 Å². The molecule has 1 aliphatic carbocycles. The number of carbonyl (C=O) groups excluding carboxylic acids is 1. The van der Waals surface area contributed by atoms with Gasteiger partial charge in [0.1, 0.15) is 0 Å². The first kappa shape index (κ1) is 12.6. The van der Waals surface area contributed by atoms with Crippen LogP contribution in [0.1, 0.15) is 51.1 Å². The minimum atomic E-state index is 0.255. The largest absolute Gasteiger partial charge is 0.335 e. The molecule has 3 heteroatoms. The van der Waals surface area contributed by atoms with Gasteiger partial charge in [-0.05, 0) is 42.7 Å². The van der Waals surface area contributed by atoms with Crippen LogP contribution < -0.4 is 0 Å². The van der Waals surface area contributed by atoms with Gasteiger partial charge >= 0.3 is 0 Å². The molecule has 1 amide bonds.